The third kappa shape index (κ3) is 5.11. The first kappa shape index (κ1) is 19.0. The van der Waals surface area contributed by atoms with Gasteiger partial charge in [0.15, 0.2) is 6.54 Å². The van der Waals surface area contributed by atoms with Crippen LogP contribution in [0.5, 0.6) is 0 Å². The Hall–Kier alpha value is -1.79. The molecule has 0 atom stereocenters. The van der Waals surface area contributed by atoms with Gasteiger partial charge in [0.1, 0.15) is 0 Å². The van der Waals surface area contributed by atoms with Crippen LogP contribution in [-0.2, 0) is 4.79 Å². The van der Waals surface area contributed by atoms with Gasteiger partial charge < -0.3 is 15.1 Å². The lowest BCUT2D eigenvalue weighted by Crippen LogP contribution is -3.16. The number of imide groups is 1. The van der Waals surface area contributed by atoms with E-state index in [4.69, 9.17) is 11.6 Å². The highest BCUT2D eigenvalue weighted by Crippen LogP contribution is 2.24. The fourth-order valence-corrected chi connectivity index (χ4v) is 4.02. The van der Waals surface area contributed by atoms with Gasteiger partial charge in [-0.25, -0.2) is 4.79 Å². The molecular weight excluding hydrogens is 352 g/mol. The molecule has 0 aromatic heterocycles. The van der Waals surface area contributed by atoms with Crippen LogP contribution in [0, 0.1) is 6.92 Å². The number of aryl methyl sites for hydroxylation is 1. The molecule has 3 rings (SSSR count). The second-order valence-electron chi connectivity index (χ2n) is 7.35. The van der Waals surface area contributed by atoms with Crippen molar-refractivity contribution < 1.29 is 14.5 Å². The lowest BCUT2D eigenvalue weighted by Gasteiger charge is -2.34. The Labute approximate surface area is 159 Å². The Bertz CT molecular complexity index is 653. The molecule has 2 aliphatic rings. The lowest BCUT2D eigenvalue weighted by molar-refractivity contribution is -0.892. The maximum Gasteiger partial charge on any atom is 0.321 e. The molecule has 1 aliphatic carbocycles. The molecule has 26 heavy (non-hydrogen) atoms. The van der Waals surface area contributed by atoms with Crippen LogP contribution in [0.2, 0.25) is 5.02 Å². The van der Waals surface area contributed by atoms with E-state index in [0.717, 1.165) is 62.6 Å². The highest BCUT2D eigenvalue weighted by atomic mass is 35.5. The molecule has 1 aliphatic heterocycles. The second kappa shape index (κ2) is 8.73. The number of nitrogens with zero attached hydrogens (tertiary/aromatic N) is 1. The van der Waals surface area contributed by atoms with Crippen molar-refractivity contribution in [3.8, 4) is 0 Å². The van der Waals surface area contributed by atoms with E-state index in [0.29, 0.717) is 6.54 Å². The molecule has 142 valence electrons. The van der Waals surface area contributed by atoms with Crippen molar-refractivity contribution in [3.05, 3.63) is 28.8 Å². The summed E-state index contributed by atoms with van der Waals surface area (Å²) in [5.74, 6) is -0.206. The number of halogens is 1. The topological polar surface area (TPSA) is 65.9 Å². The molecule has 7 heteroatoms. The van der Waals surface area contributed by atoms with Crippen LogP contribution in [0.25, 0.3) is 0 Å². The van der Waals surface area contributed by atoms with Gasteiger partial charge in [-0.15, -0.1) is 0 Å². The van der Waals surface area contributed by atoms with Crippen molar-refractivity contribution in [2.75, 3.05) is 37.6 Å². The second-order valence-corrected chi connectivity index (χ2v) is 7.78. The molecule has 1 saturated heterocycles. The van der Waals surface area contributed by atoms with Crippen molar-refractivity contribution in [1.29, 1.82) is 0 Å². The van der Waals surface area contributed by atoms with Crippen LogP contribution < -0.4 is 20.4 Å². The number of rotatable bonds is 4. The van der Waals surface area contributed by atoms with Gasteiger partial charge in [0.05, 0.1) is 26.2 Å². The van der Waals surface area contributed by atoms with E-state index >= 15 is 0 Å². The number of carbonyl (C=O) groups is 2. The average molecular weight is 380 g/mol. The summed E-state index contributed by atoms with van der Waals surface area (Å²) in [4.78, 5) is 27.5. The van der Waals surface area contributed by atoms with E-state index in [1.54, 1.807) is 0 Å². The third-order valence-electron chi connectivity index (χ3n) is 5.34. The van der Waals surface area contributed by atoms with Crippen molar-refractivity contribution in [2.24, 2.45) is 0 Å². The highest BCUT2D eigenvalue weighted by molar-refractivity contribution is 6.30. The van der Waals surface area contributed by atoms with Crippen molar-refractivity contribution in [2.45, 2.75) is 38.6 Å². The summed E-state index contributed by atoms with van der Waals surface area (Å²) in [7, 11) is 0. The van der Waals surface area contributed by atoms with Crippen LogP contribution in [0.4, 0.5) is 10.5 Å². The predicted molar refractivity (Wildman–Crippen MR) is 103 cm³/mol. The van der Waals surface area contributed by atoms with Gasteiger partial charge in [-0.05, 0) is 37.5 Å². The summed E-state index contributed by atoms with van der Waals surface area (Å²) in [5.41, 5.74) is 2.37. The maximum atomic E-state index is 12.1. The number of anilines is 1. The van der Waals surface area contributed by atoms with Crippen LogP contribution >= 0.6 is 11.6 Å². The Morgan fingerprint density at radius 1 is 1.23 bits per heavy atom. The molecule has 3 amide bonds. The summed E-state index contributed by atoms with van der Waals surface area (Å²) in [6, 6.07) is 5.81. The minimum atomic E-state index is -0.352. The first-order valence-corrected chi connectivity index (χ1v) is 9.84. The Morgan fingerprint density at radius 2 is 1.92 bits per heavy atom. The van der Waals surface area contributed by atoms with Crippen LogP contribution in [0.15, 0.2) is 18.2 Å². The van der Waals surface area contributed by atoms with Crippen molar-refractivity contribution >= 4 is 29.2 Å². The third-order valence-corrected chi connectivity index (χ3v) is 5.57. The number of carbonyl (C=O) groups excluding carboxylic acids is 2. The largest absolute Gasteiger partial charge is 0.360 e. The van der Waals surface area contributed by atoms with Gasteiger partial charge in [-0.1, -0.05) is 30.5 Å². The summed E-state index contributed by atoms with van der Waals surface area (Å²) < 4.78 is 0. The van der Waals surface area contributed by atoms with Crippen LogP contribution in [0.1, 0.15) is 31.2 Å². The Balaban J connectivity index is 1.42. The van der Waals surface area contributed by atoms with Crippen LogP contribution in [-0.4, -0.2) is 50.7 Å². The van der Waals surface area contributed by atoms with E-state index in [9.17, 15) is 9.59 Å². The highest BCUT2D eigenvalue weighted by Gasteiger charge is 2.24. The van der Waals surface area contributed by atoms with Gasteiger partial charge in [-0.2, -0.15) is 0 Å². The number of benzene rings is 1. The number of amides is 3. The number of hydrogen-bond acceptors (Lipinski definition) is 3. The van der Waals surface area contributed by atoms with Gasteiger partial charge >= 0.3 is 6.03 Å². The molecule has 1 aromatic rings. The van der Waals surface area contributed by atoms with E-state index in [1.165, 1.54) is 10.5 Å². The van der Waals surface area contributed by atoms with E-state index in [-0.39, 0.29) is 18.0 Å². The van der Waals surface area contributed by atoms with Gasteiger partial charge in [0, 0.05) is 16.8 Å². The molecule has 1 heterocycles. The Morgan fingerprint density at radius 3 is 2.62 bits per heavy atom. The minimum absolute atomic E-state index is 0.206. The molecule has 0 bridgehead atoms. The number of nitrogens with one attached hydrogen (secondary N) is 3. The lowest BCUT2D eigenvalue weighted by atomic mass is 10.1. The molecule has 0 unspecified atom stereocenters. The number of hydrogen-bond donors (Lipinski definition) is 3. The summed E-state index contributed by atoms with van der Waals surface area (Å²) >= 11 is 6.12. The smallest absolute Gasteiger partial charge is 0.321 e. The molecule has 0 radical (unpaired) electrons. The maximum absolute atomic E-state index is 12.1. The van der Waals surface area contributed by atoms with Gasteiger partial charge in [-0.3, -0.25) is 10.1 Å². The average Bonchev–Trinajstić information content (AvgIpc) is 3.10. The zero-order valence-corrected chi connectivity index (χ0v) is 16.1. The van der Waals surface area contributed by atoms with Gasteiger partial charge in [0.2, 0.25) is 0 Å². The normalized spacial score (nSPS) is 18.8. The molecule has 6 nitrogen and oxygen atoms in total. The SMILES string of the molecule is Cc1ccc(Cl)cc1N1CC[NH+](CC(=O)NC(=O)NC2CCCC2)CC1. The zero-order valence-electron chi connectivity index (χ0n) is 15.3. The zero-order chi connectivity index (χ0) is 18.5. The fourth-order valence-electron chi connectivity index (χ4n) is 3.85. The molecule has 1 saturated carbocycles. The predicted octanol–water partition coefficient (Wildman–Crippen LogP) is 1.12. The monoisotopic (exact) mass is 379 g/mol. The molecule has 2 fully saturated rings. The van der Waals surface area contributed by atoms with E-state index < -0.39 is 0 Å². The van der Waals surface area contributed by atoms with E-state index in [2.05, 4.69) is 22.5 Å². The number of piperazine rings is 1. The van der Waals surface area contributed by atoms with Gasteiger partial charge in [0.25, 0.3) is 5.91 Å². The van der Waals surface area contributed by atoms with Crippen molar-refractivity contribution in [1.82, 2.24) is 10.6 Å². The Kier molecular flexibility index (Phi) is 6.38. The molecule has 3 N–H and O–H groups in total. The summed E-state index contributed by atoms with van der Waals surface area (Å²) in [6.45, 7) is 5.89. The number of urea groups is 1. The fraction of sp³-hybridized carbons (Fsp3) is 0.579. The minimum Gasteiger partial charge on any atom is -0.360 e. The van der Waals surface area contributed by atoms with Crippen LogP contribution in [0.3, 0.4) is 0 Å². The quantitative estimate of drug-likeness (QED) is 0.734. The molecular formula is C19H28ClN4O2+. The standard InChI is InChI=1S/C19H27ClN4O2/c1-14-6-7-15(20)12-17(14)24-10-8-23(9-11-24)13-18(25)22-19(26)21-16-4-2-3-5-16/h6-7,12,16H,2-5,8-11,13H2,1H3,(H2,21,22,25,26)/p+1. The first-order chi connectivity index (χ1) is 12.5. The summed E-state index contributed by atoms with van der Waals surface area (Å²) in [5, 5.41) is 6.10. The number of quaternary nitrogens is 1. The van der Waals surface area contributed by atoms with E-state index in [1.807, 2.05) is 18.2 Å². The van der Waals surface area contributed by atoms with Crippen molar-refractivity contribution in [3.63, 3.8) is 0 Å². The summed E-state index contributed by atoms with van der Waals surface area (Å²) in [6.07, 6.45) is 4.33. The molecule has 1 aromatic carbocycles. The first-order valence-electron chi connectivity index (χ1n) is 9.46. The molecule has 0 spiro atoms.